The van der Waals surface area contributed by atoms with Gasteiger partial charge in [0.15, 0.2) is 0 Å². The number of phosphoric acid groups is 1. The molecule has 0 aliphatic heterocycles. The van der Waals surface area contributed by atoms with Gasteiger partial charge in [-0.25, -0.2) is 4.57 Å². The summed E-state index contributed by atoms with van der Waals surface area (Å²) in [5.74, 6) is -0.257. The Hall–Kier alpha value is -0.800. The van der Waals surface area contributed by atoms with Gasteiger partial charge in [0.25, 0.3) is 0 Å². The number of nitrogens with one attached hydrogen (secondary N) is 1. The van der Waals surface area contributed by atoms with Gasteiger partial charge in [-0.2, -0.15) is 0 Å². The molecule has 9 nitrogen and oxygen atoms in total. The van der Waals surface area contributed by atoms with Gasteiger partial charge >= 0.3 is 7.82 Å². The van der Waals surface area contributed by atoms with Crippen LogP contribution < -0.4 is 5.32 Å². The summed E-state index contributed by atoms with van der Waals surface area (Å²) in [7, 11) is 1.44. The second kappa shape index (κ2) is 41.2. The fourth-order valence-corrected chi connectivity index (χ4v) is 8.29. The molecule has 0 spiro atoms. The van der Waals surface area contributed by atoms with Crippen LogP contribution in [0.4, 0.5) is 0 Å². The number of carbonyl (C=O) groups excluding carboxylic acids is 1. The van der Waals surface area contributed by atoms with Gasteiger partial charge in [0.2, 0.25) is 5.91 Å². The lowest BCUT2D eigenvalue weighted by atomic mass is 9.99. The first-order valence-corrected chi connectivity index (χ1v) is 26.6. The van der Waals surface area contributed by atoms with E-state index in [-0.39, 0.29) is 12.5 Å². The summed E-state index contributed by atoms with van der Waals surface area (Å²) >= 11 is 0. The van der Waals surface area contributed by atoms with E-state index in [0.717, 1.165) is 38.5 Å². The van der Waals surface area contributed by atoms with Crippen LogP contribution in [-0.2, 0) is 18.4 Å². The first kappa shape index (κ1) is 58.2. The molecule has 0 bridgehead atoms. The molecule has 0 saturated carbocycles. The van der Waals surface area contributed by atoms with Crippen LogP contribution in [0.3, 0.4) is 0 Å². The molecule has 0 fully saturated rings. The van der Waals surface area contributed by atoms with Gasteiger partial charge in [-0.05, 0) is 38.5 Å². The van der Waals surface area contributed by atoms with E-state index in [1.807, 2.05) is 21.1 Å². The van der Waals surface area contributed by atoms with E-state index in [4.69, 9.17) is 9.05 Å². The van der Waals surface area contributed by atoms with Gasteiger partial charge in [-0.15, -0.1) is 0 Å². The van der Waals surface area contributed by atoms with E-state index < -0.39 is 32.7 Å². The largest absolute Gasteiger partial charge is 0.472 e. The first-order valence-electron chi connectivity index (χ1n) is 25.1. The molecule has 0 aromatic rings. The third-order valence-electron chi connectivity index (χ3n) is 11.6. The summed E-state index contributed by atoms with van der Waals surface area (Å²) in [5.41, 5.74) is 0. The summed E-state index contributed by atoms with van der Waals surface area (Å²) in [4.78, 5) is 23.2. The summed E-state index contributed by atoms with van der Waals surface area (Å²) in [6, 6.07) is -1.03. The molecular weight excluding hydrogens is 760 g/mol. The molecule has 0 aliphatic rings. The van der Waals surface area contributed by atoms with Crippen molar-refractivity contribution in [1.82, 2.24) is 5.32 Å². The molecule has 0 saturated heterocycles. The number of phosphoric ester groups is 1. The fraction of sp³-hybridized carbons (Fsp3) is 0.939. The van der Waals surface area contributed by atoms with Gasteiger partial charge in [0, 0.05) is 6.42 Å². The Morgan fingerprint density at radius 2 is 0.949 bits per heavy atom. The van der Waals surface area contributed by atoms with Crippen molar-refractivity contribution in [2.45, 2.75) is 257 Å². The molecule has 0 heterocycles. The number of hydrogen-bond donors (Lipinski definition) is 4. The predicted molar refractivity (Wildman–Crippen MR) is 251 cm³/mol. The van der Waals surface area contributed by atoms with E-state index in [1.54, 1.807) is 0 Å². The van der Waals surface area contributed by atoms with Crippen molar-refractivity contribution in [1.29, 1.82) is 0 Å². The Labute approximate surface area is 365 Å². The molecule has 0 rings (SSSR count). The van der Waals surface area contributed by atoms with Gasteiger partial charge in [-0.1, -0.05) is 206 Å². The fourth-order valence-electron chi connectivity index (χ4n) is 7.55. The van der Waals surface area contributed by atoms with Crippen LogP contribution >= 0.6 is 7.82 Å². The number of amides is 1. The highest BCUT2D eigenvalue weighted by Crippen LogP contribution is 2.43. The Morgan fingerprint density at radius 3 is 1.36 bits per heavy atom. The topological polar surface area (TPSA) is 125 Å². The third kappa shape index (κ3) is 42.3. The SMILES string of the molecule is CCCCCCCCCC/C=C\CCCCCCCCCCCCCC(=O)NC(COP(=O)(O)OCC[N+](C)(C)C)C(O)C(O)CCCCCCCCCCCCCC. The van der Waals surface area contributed by atoms with Crippen molar-refractivity contribution in [3.05, 3.63) is 12.2 Å². The van der Waals surface area contributed by atoms with Gasteiger partial charge in [0.1, 0.15) is 19.3 Å². The molecule has 0 aromatic carbocycles. The molecule has 1 amide bonds. The van der Waals surface area contributed by atoms with Crippen molar-refractivity contribution in [3.8, 4) is 0 Å². The number of quaternary nitrogens is 1. The summed E-state index contributed by atoms with van der Waals surface area (Å²) < 4.78 is 23.6. The average Bonchev–Trinajstić information content (AvgIpc) is 3.19. The minimum absolute atomic E-state index is 0.0238. The van der Waals surface area contributed by atoms with E-state index in [0.29, 0.717) is 23.9 Å². The molecule has 0 aromatic heterocycles. The van der Waals surface area contributed by atoms with Crippen LogP contribution in [0.1, 0.15) is 239 Å². The van der Waals surface area contributed by atoms with Crippen molar-refractivity contribution in [2.75, 3.05) is 40.9 Å². The second-order valence-corrected chi connectivity index (χ2v) is 20.1. The van der Waals surface area contributed by atoms with Crippen LogP contribution in [0.15, 0.2) is 12.2 Å². The molecule has 10 heteroatoms. The minimum Gasteiger partial charge on any atom is -0.390 e. The van der Waals surface area contributed by atoms with Crippen LogP contribution in [0, 0.1) is 0 Å². The molecule has 0 aliphatic carbocycles. The van der Waals surface area contributed by atoms with Crippen molar-refractivity contribution < 1.29 is 38.0 Å². The Balaban J connectivity index is 4.30. The molecule has 4 unspecified atom stereocenters. The van der Waals surface area contributed by atoms with Gasteiger partial charge in [-0.3, -0.25) is 13.8 Å². The number of nitrogens with zero attached hydrogens (tertiary/aromatic N) is 1. The second-order valence-electron chi connectivity index (χ2n) is 18.7. The van der Waals surface area contributed by atoms with E-state index in [2.05, 4.69) is 31.3 Å². The van der Waals surface area contributed by atoms with Gasteiger partial charge < -0.3 is 24.9 Å². The van der Waals surface area contributed by atoms with E-state index in [9.17, 15) is 24.5 Å². The standard InChI is InChI=1S/C49H99N2O7P/c1-6-8-10-12-14-16-18-20-21-22-23-24-25-26-27-28-29-30-32-34-36-38-40-42-48(53)50-46(45-58-59(55,56)57-44-43-51(3,4)5)49(54)47(52)41-39-37-35-33-31-19-17-15-13-11-9-7-2/h22-23,46-47,49,52,54H,6-21,24-45H2,1-5H3,(H-,50,53,55,56)/p+1/b23-22-. The predicted octanol–water partition coefficient (Wildman–Crippen LogP) is 13.3. The Kier molecular flexibility index (Phi) is 40.7. The molecule has 4 atom stereocenters. The van der Waals surface area contributed by atoms with Gasteiger partial charge in [0.05, 0.1) is 39.9 Å². The number of rotatable bonds is 46. The zero-order valence-electron chi connectivity index (χ0n) is 39.6. The van der Waals surface area contributed by atoms with Crippen molar-refractivity contribution in [3.63, 3.8) is 0 Å². The van der Waals surface area contributed by atoms with Crippen LogP contribution in [-0.4, -0.2) is 84.6 Å². The number of aliphatic hydroxyl groups is 2. The summed E-state index contributed by atoms with van der Waals surface area (Å²) in [6.45, 7) is 4.62. The maximum absolute atomic E-state index is 12.9. The number of aliphatic hydroxyl groups excluding tert-OH is 2. The number of hydrogen-bond acceptors (Lipinski definition) is 6. The average molecular weight is 860 g/mol. The van der Waals surface area contributed by atoms with Crippen LogP contribution in [0.25, 0.3) is 0 Å². The highest BCUT2D eigenvalue weighted by Gasteiger charge is 2.31. The molecule has 59 heavy (non-hydrogen) atoms. The zero-order valence-corrected chi connectivity index (χ0v) is 40.5. The highest BCUT2D eigenvalue weighted by molar-refractivity contribution is 7.47. The number of unbranched alkanes of at least 4 members (excludes halogenated alkanes) is 30. The van der Waals surface area contributed by atoms with E-state index >= 15 is 0 Å². The van der Waals surface area contributed by atoms with Crippen LogP contribution in [0.5, 0.6) is 0 Å². The normalized spacial score (nSPS) is 14.8. The smallest absolute Gasteiger partial charge is 0.390 e. The minimum atomic E-state index is -4.41. The molecule has 4 N–H and O–H groups in total. The number of allylic oxidation sites excluding steroid dienone is 2. The van der Waals surface area contributed by atoms with Crippen molar-refractivity contribution >= 4 is 13.7 Å². The number of carbonyl (C=O) groups is 1. The summed E-state index contributed by atoms with van der Waals surface area (Å²) in [6.07, 6.45) is 44.2. The monoisotopic (exact) mass is 860 g/mol. The van der Waals surface area contributed by atoms with E-state index in [1.165, 1.54) is 173 Å². The number of likely N-dealkylation sites (N-methyl/N-ethyl adjacent to an activating group) is 1. The molecule has 352 valence electrons. The Bertz CT molecular complexity index is 992. The quantitative estimate of drug-likeness (QED) is 0.0208. The lowest BCUT2D eigenvalue weighted by Crippen LogP contribution is -2.51. The molecule has 0 radical (unpaired) electrons. The lowest BCUT2D eigenvalue weighted by Gasteiger charge is -2.28. The highest BCUT2D eigenvalue weighted by atomic mass is 31.2. The maximum Gasteiger partial charge on any atom is 0.472 e. The van der Waals surface area contributed by atoms with Crippen molar-refractivity contribution in [2.24, 2.45) is 0 Å². The Morgan fingerprint density at radius 1 is 0.576 bits per heavy atom. The third-order valence-corrected chi connectivity index (χ3v) is 12.6. The first-order chi connectivity index (χ1) is 28.4. The zero-order chi connectivity index (χ0) is 43.7. The lowest BCUT2D eigenvalue weighted by molar-refractivity contribution is -0.870. The van der Waals surface area contributed by atoms with Crippen LogP contribution in [0.2, 0.25) is 0 Å². The molecular formula is C49H100N2O7P+. The maximum atomic E-state index is 12.9. The summed E-state index contributed by atoms with van der Waals surface area (Å²) in [5, 5.41) is 24.7.